The van der Waals surface area contributed by atoms with Gasteiger partial charge in [-0.3, -0.25) is 4.79 Å². The van der Waals surface area contributed by atoms with Crippen LogP contribution in [0, 0.1) is 0 Å². The van der Waals surface area contributed by atoms with Gasteiger partial charge in [-0.1, -0.05) is 12.1 Å². The molecule has 1 heterocycles. The Bertz CT molecular complexity index is 691. The molecule has 1 amide bonds. The third kappa shape index (κ3) is 4.18. The average Bonchev–Trinajstić information content (AvgIpc) is 2.89. The maximum Gasteiger partial charge on any atom is 0.224 e. The summed E-state index contributed by atoms with van der Waals surface area (Å²) in [6, 6.07) is 10.2. The topological polar surface area (TPSA) is 63.2 Å². The summed E-state index contributed by atoms with van der Waals surface area (Å²) < 4.78 is 22.9. The third-order valence-electron chi connectivity index (χ3n) is 2.72. The molecule has 1 N–H and O–H groups in total. The molecule has 1 aromatic carbocycles. The van der Waals surface area contributed by atoms with Crippen LogP contribution in [-0.2, 0) is 21.1 Å². The third-order valence-corrected chi connectivity index (χ3v) is 4.77. The van der Waals surface area contributed by atoms with Crippen LogP contribution >= 0.6 is 11.3 Å². The van der Waals surface area contributed by atoms with Crippen LogP contribution in [0.15, 0.2) is 46.7 Å². The lowest BCUT2D eigenvalue weighted by Gasteiger charge is -2.06. The molecule has 20 heavy (non-hydrogen) atoms. The molecule has 0 unspecified atom stereocenters. The first kappa shape index (κ1) is 14.7. The zero-order valence-corrected chi connectivity index (χ0v) is 12.6. The largest absolute Gasteiger partial charge is 0.326 e. The molecule has 0 spiro atoms. The predicted octanol–water partition coefficient (Wildman–Crippen LogP) is 2.72. The summed E-state index contributed by atoms with van der Waals surface area (Å²) in [4.78, 5) is 13.2. The fourth-order valence-corrected chi connectivity index (χ4v) is 3.10. The monoisotopic (exact) mass is 309 g/mol. The average molecular weight is 309 g/mol. The van der Waals surface area contributed by atoms with Gasteiger partial charge in [-0.05, 0) is 36.1 Å². The number of thiophene rings is 1. The Balaban J connectivity index is 1.97. The summed E-state index contributed by atoms with van der Waals surface area (Å²) >= 11 is 1.62. The summed E-state index contributed by atoms with van der Waals surface area (Å²) in [5, 5.41) is 4.69. The van der Waals surface area contributed by atoms with Crippen molar-refractivity contribution >= 4 is 32.8 Å². The van der Waals surface area contributed by atoms with Crippen molar-refractivity contribution in [2.75, 3.05) is 11.6 Å². The second-order valence-corrected chi connectivity index (χ2v) is 7.48. The Morgan fingerprint density at radius 2 is 2.05 bits per heavy atom. The summed E-state index contributed by atoms with van der Waals surface area (Å²) in [6.07, 6.45) is 2.21. The van der Waals surface area contributed by atoms with E-state index >= 15 is 0 Å². The quantitative estimate of drug-likeness (QED) is 0.923. The number of carbonyl (C=O) groups is 1. The van der Waals surface area contributed by atoms with Gasteiger partial charge in [0.1, 0.15) is 0 Å². The number of rotatable bonds is 5. The molecular weight excluding hydrogens is 294 g/mol. The van der Waals surface area contributed by atoms with E-state index < -0.39 is 9.84 Å². The first-order valence-corrected chi connectivity index (χ1v) is 8.84. The van der Waals surface area contributed by atoms with E-state index in [0.29, 0.717) is 18.5 Å². The molecule has 4 nitrogen and oxygen atoms in total. The maximum absolute atomic E-state index is 11.8. The lowest BCUT2D eigenvalue weighted by atomic mass is 10.2. The molecule has 106 valence electrons. The van der Waals surface area contributed by atoms with Crippen LogP contribution in [0.2, 0.25) is 0 Å². The van der Waals surface area contributed by atoms with Gasteiger partial charge in [0.2, 0.25) is 5.91 Å². The Labute approximate surface area is 122 Å². The number of amides is 1. The first-order chi connectivity index (χ1) is 9.45. The second kappa shape index (κ2) is 6.19. The molecular formula is C14H15NO3S2. The number of carbonyl (C=O) groups excluding carboxylic acids is 1. The van der Waals surface area contributed by atoms with Crippen molar-refractivity contribution in [2.45, 2.75) is 17.7 Å². The molecule has 0 atom stereocenters. The molecule has 1 aromatic heterocycles. The summed E-state index contributed by atoms with van der Waals surface area (Å²) in [5.74, 6) is -0.121. The minimum absolute atomic E-state index is 0.121. The zero-order valence-electron chi connectivity index (χ0n) is 11.0. The summed E-state index contributed by atoms with van der Waals surface area (Å²) in [5.41, 5.74) is 0.504. The molecule has 0 saturated carbocycles. The predicted molar refractivity (Wildman–Crippen MR) is 80.8 cm³/mol. The van der Waals surface area contributed by atoms with E-state index in [1.165, 1.54) is 12.1 Å². The van der Waals surface area contributed by atoms with E-state index in [2.05, 4.69) is 5.32 Å². The Morgan fingerprint density at radius 1 is 1.25 bits per heavy atom. The number of sulfone groups is 1. The minimum atomic E-state index is -3.26. The fourth-order valence-electron chi connectivity index (χ4n) is 1.72. The van der Waals surface area contributed by atoms with Crippen molar-refractivity contribution < 1.29 is 13.2 Å². The van der Waals surface area contributed by atoms with Gasteiger partial charge < -0.3 is 5.32 Å². The Kier molecular flexibility index (Phi) is 4.57. The zero-order chi connectivity index (χ0) is 14.6. The van der Waals surface area contributed by atoms with Crippen molar-refractivity contribution in [1.82, 2.24) is 0 Å². The molecule has 0 aliphatic carbocycles. The van der Waals surface area contributed by atoms with Gasteiger partial charge in [-0.25, -0.2) is 8.42 Å². The highest BCUT2D eigenvalue weighted by molar-refractivity contribution is 7.90. The SMILES string of the molecule is CS(=O)(=O)c1cccc(NC(=O)CCc2cccs2)c1. The van der Waals surface area contributed by atoms with Crippen LogP contribution < -0.4 is 5.32 Å². The van der Waals surface area contributed by atoms with Crippen LogP contribution in [0.5, 0.6) is 0 Å². The van der Waals surface area contributed by atoms with Gasteiger partial charge in [0.05, 0.1) is 4.90 Å². The van der Waals surface area contributed by atoms with Crippen molar-refractivity contribution in [2.24, 2.45) is 0 Å². The highest BCUT2D eigenvalue weighted by Gasteiger charge is 2.09. The van der Waals surface area contributed by atoms with E-state index in [4.69, 9.17) is 0 Å². The number of benzene rings is 1. The van der Waals surface area contributed by atoms with Crippen molar-refractivity contribution in [3.8, 4) is 0 Å². The highest BCUT2D eigenvalue weighted by Crippen LogP contribution is 2.16. The summed E-state index contributed by atoms with van der Waals surface area (Å²) in [6.45, 7) is 0. The van der Waals surface area contributed by atoms with Crippen molar-refractivity contribution in [3.05, 3.63) is 46.7 Å². The lowest BCUT2D eigenvalue weighted by Crippen LogP contribution is -2.12. The van der Waals surface area contributed by atoms with Crippen LogP contribution in [0.1, 0.15) is 11.3 Å². The molecule has 0 aliphatic heterocycles. The smallest absolute Gasteiger partial charge is 0.224 e. The minimum Gasteiger partial charge on any atom is -0.326 e. The molecule has 2 rings (SSSR count). The van der Waals surface area contributed by atoms with Crippen molar-refractivity contribution in [3.63, 3.8) is 0 Å². The highest BCUT2D eigenvalue weighted by atomic mass is 32.2. The van der Waals surface area contributed by atoms with Crippen LogP contribution in [0.25, 0.3) is 0 Å². The normalized spacial score (nSPS) is 11.2. The lowest BCUT2D eigenvalue weighted by molar-refractivity contribution is -0.116. The number of hydrogen-bond acceptors (Lipinski definition) is 4. The molecule has 6 heteroatoms. The second-order valence-electron chi connectivity index (χ2n) is 4.43. The first-order valence-electron chi connectivity index (χ1n) is 6.07. The molecule has 0 radical (unpaired) electrons. The van der Waals surface area contributed by atoms with Crippen LogP contribution in [-0.4, -0.2) is 20.6 Å². The number of hydrogen-bond donors (Lipinski definition) is 1. The van der Waals surface area contributed by atoms with Gasteiger partial charge in [0.25, 0.3) is 0 Å². The van der Waals surface area contributed by atoms with E-state index in [-0.39, 0.29) is 10.8 Å². The van der Waals surface area contributed by atoms with E-state index in [1.807, 2.05) is 17.5 Å². The molecule has 0 bridgehead atoms. The van der Waals surface area contributed by atoms with Gasteiger partial charge in [0, 0.05) is 23.2 Å². The molecule has 0 aliphatic rings. The molecule has 0 fully saturated rings. The Hall–Kier alpha value is -1.66. The molecule has 0 saturated heterocycles. The van der Waals surface area contributed by atoms with Gasteiger partial charge in [-0.2, -0.15) is 0 Å². The van der Waals surface area contributed by atoms with Crippen LogP contribution in [0.3, 0.4) is 0 Å². The van der Waals surface area contributed by atoms with Gasteiger partial charge in [-0.15, -0.1) is 11.3 Å². The number of anilines is 1. The number of nitrogens with one attached hydrogen (secondary N) is 1. The van der Waals surface area contributed by atoms with E-state index in [1.54, 1.807) is 23.5 Å². The van der Waals surface area contributed by atoms with Crippen molar-refractivity contribution in [1.29, 1.82) is 0 Å². The maximum atomic E-state index is 11.8. The molecule has 2 aromatic rings. The number of aryl methyl sites for hydroxylation is 1. The van der Waals surface area contributed by atoms with E-state index in [0.717, 1.165) is 11.1 Å². The standard InChI is InChI=1S/C14H15NO3S2/c1-20(17,18)13-6-2-4-11(10-13)15-14(16)8-7-12-5-3-9-19-12/h2-6,9-10H,7-8H2,1H3,(H,15,16). The van der Waals surface area contributed by atoms with Gasteiger partial charge >= 0.3 is 0 Å². The Morgan fingerprint density at radius 3 is 2.70 bits per heavy atom. The van der Waals surface area contributed by atoms with Gasteiger partial charge in [0.15, 0.2) is 9.84 Å². The van der Waals surface area contributed by atoms with E-state index in [9.17, 15) is 13.2 Å². The fraction of sp³-hybridized carbons (Fsp3) is 0.214. The summed E-state index contributed by atoms with van der Waals surface area (Å²) in [7, 11) is -3.26. The van der Waals surface area contributed by atoms with Crippen LogP contribution in [0.4, 0.5) is 5.69 Å².